The van der Waals surface area contributed by atoms with Crippen LogP contribution in [0.4, 0.5) is 0 Å². The Balaban J connectivity index is 0.000000606. The normalized spacial score (nSPS) is 13.8. The number of nitrogens with zero attached hydrogens (tertiary/aromatic N) is 2. The average molecular weight is 226 g/mol. The van der Waals surface area contributed by atoms with Gasteiger partial charge in [0.25, 0.3) is 0 Å². The Morgan fingerprint density at radius 2 is 2.12 bits per heavy atom. The molecule has 1 aromatic rings. The summed E-state index contributed by atoms with van der Waals surface area (Å²) in [5.74, 6) is 0.691. The molecule has 92 valence electrons. The van der Waals surface area contributed by atoms with Crippen LogP contribution in [0.25, 0.3) is 0 Å². The van der Waals surface area contributed by atoms with Gasteiger partial charge in [0.1, 0.15) is 6.61 Å². The predicted octanol–water partition coefficient (Wildman–Crippen LogP) is 1.93. The van der Waals surface area contributed by atoms with Crippen LogP contribution in [0.5, 0.6) is 5.88 Å². The van der Waals surface area contributed by atoms with Crippen LogP contribution in [0, 0.1) is 6.92 Å². The quantitative estimate of drug-likeness (QED) is 0.856. The number of aliphatic hydroxyl groups is 1. The fourth-order valence-electron chi connectivity index (χ4n) is 1.90. The second-order valence-corrected chi connectivity index (χ2v) is 3.63. The van der Waals surface area contributed by atoms with E-state index in [4.69, 9.17) is 9.84 Å². The summed E-state index contributed by atoms with van der Waals surface area (Å²) in [6.45, 7) is 7.41. The van der Waals surface area contributed by atoms with Crippen LogP contribution >= 0.6 is 0 Å². The van der Waals surface area contributed by atoms with Crippen LogP contribution in [0.1, 0.15) is 37.9 Å². The van der Waals surface area contributed by atoms with Gasteiger partial charge in [0.05, 0.1) is 6.61 Å². The Bertz CT molecular complexity index is 321. The fraction of sp³-hybridized carbons (Fsp3) is 0.750. The van der Waals surface area contributed by atoms with E-state index in [0.717, 1.165) is 18.5 Å². The summed E-state index contributed by atoms with van der Waals surface area (Å²) in [5.41, 5.74) is 2.43. The summed E-state index contributed by atoms with van der Waals surface area (Å²) in [5, 5.41) is 13.0. The molecular formula is C12H22N2O2. The molecule has 0 bridgehead atoms. The van der Waals surface area contributed by atoms with E-state index in [9.17, 15) is 0 Å². The highest BCUT2D eigenvalue weighted by Gasteiger charge is 2.17. The van der Waals surface area contributed by atoms with E-state index in [1.807, 2.05) is 25.5 Å². The highest BCUT2D eigenvalue weighted by Crippen LogP contribution is 2.25. The fourth-order valence-corrected chi connectivity index (χ4v) is 1.90. The minimum absolute atomic E-state index is 0.0433. The molecule has 4 heteroatoms. The molecule has 16 heavy (non-hydrogen) atoms. The Labute approximate surface area is 97.2 Å². The van der Waals surface area contributed by atoms with Crippen molar-refractivity contribution in [2.75, 3.05) is 13.2 Å². The third-order valence-corrected chi connectivity index (χ3v) is 2.64. The van der Waals surface area contributed by atoms with Gasteiger partial charge in [-0.05, 0) is 26.2 Å². The molecule has 0 aliphatic carbocycles. The van der Waals surface area contributed by atoms with Gasteiger partial charge in [-0.25, -0.2) is 0 Å². The smallest absolute Gasteiger partial charge is 0.236 e. The molecule has 0 aromatic carbocycles. The molecule has 2 heterocycles. The van der Waals surface area contributed by atoms with Gasteiger partial charge in [0.15, 0.2) is 0 Å². The van der Waals surface area contributed by atoms with Gasteiger partial charge >= 0.3 is 0 Å². The summed E-state index contributed by atoms with van der Waals surface area (Å²) in [6.07, 6.45) is 3.54. The first-order valence-corrected chi connectivity index (χ1v) is 6.13. The van der Waals surface area contributed by atoms with Crippen molar-refractivity contribution in [1.29, 1.82) is 0 Å². The van der Waals surface area contributed by atoms with Gasteiger partial charge in [-0.15, -0.1) is 5.10 Å². The largest absolute Gasteiger partial charge is 0.474 e. The predicted molar refractivity (Wildman–Crippen MR) is 63.8 cm³/mol. The Kier molecular flexibility index (Phi) is 5.32. The summed E-state index contributed by atoms with van der Waals surface area (Å²) >= 11 is 0. The summed E-state index contributed by atoms with van der Waals surface area (Å²) in [7, 11) is 0. The van der Waals surface area contributed by atoms with Gasteiger partial charge in [-0.3, -0.25) is 4.68 Å². The number of aliphatic hydroxyl groups excluding tert-OH is 1. The SMILES string of the molecule is CC.Cc1c(OCCO)nn2c1CCCC2. The van der Waals surface area contributed by atoms with Gasteiger partial charge in [0, 0.05) is 17.8 Å². The number of aromatic nitrogens is 2. The zero-order chi connectivity index (χ0) is 12.0. The molecular weight excluding hydrogens is 204 g/mol. The first-order valence-electron chi connectivity index (χ1n) is 6.13. The molecule has 0 amide bonds. The Hall–Kier alpha value is -1.03. The molecule has 1 aromatic heterocycles. The number of fused-ring (bicyclic) bond motifs is 1. The second-order valence-electron chi connectivity index (χ2n) is 3.63. The van der Waals surface area contributed by atoms with E-state index < -0.39 is 0 Å². The summed E-state index contributed by atoms with van der Waals surface area (Å²) in [4.78, 5) is 0. The maximum atomic E-state index is 8.66. The molecule has 0 fully saturated rings. The van der Waals surface area contributed by atoms with E-state index in [-0.39, 0.29) is 6.61 Å². The van der Waals surface area contributed by atoms with E-state index in [0.29, 0.717) is 12.5 Å². The van der Waals surface area contributed by atoms with Crippen molar-refractivity contribution in [3.63, 3.8) is 0 Å². The molecule has 2 rings (SSSR count). The van der Waals surface area contributed by atoms with Crippen molar-refractivity contribution in [2.24, 2.45) is 0 Å². The highest BCUT2D eigenvalue weighted by atomic mass is 16.5. The minimum atomic E-state index is 0.0433. The number of hydrogen-bond donors (Lipinski definition) is 1. The third kappa shape index (κ3) is 2.76. The van der Waals surface area contributed by atoms with Crippen molar-refractivity contribution < 1.29 is 9.84 Å². The lowest BCUT2D eigenvalue weighted by atomic mass is 10.1. The lowest BCUT2D eigenvalue weighted by molar-refractivity contribution is 0.194. The number of rotatable bonds is 3. The standard InChI is InChI=1S/C10H16N2O2.C2H6/c1-8-9-4-2-3-5-12(9)11-10(8)14-7-6-13;1-2/h13H,2-7H2,1H3;1-2H3. The van der Waals surface area contributed by atoms with E-state index in [1.165, 1.54) is 18.5 Å². The van der Waals surface area contributed by atoms with Crippen molar-refractivity contribution in [1.82, 2.24) is 9.78 Å². The molecule has 1 aliphatic rings. The van der Waals surface area contributed by atoms with Crippen molar-refractivity contribution >= 4 is 0 Å². The van der Waals surface area contributed by atoms with Gasteiger partial charge in [0.2, 0.25) is 5.88 Å². The van der Waals surface area contributed by atoms with Crippen molar-refractivity contribution in [2.45, 2.75) is 46.6 Å². The minimum Gasteiger partial charge on any atom is -0.474 e. The number of aryl methyl sites for hydroxylation is 1. The van der Waals surface area contributed by atoms with Gasteiger partial charge in [-0.2, -0.15) is 0 Å². The van der Waals surface area contributed by atoms with Crippen LogP contribution in [-0.2, 0) is 13.0 Å². The van der Waals surface area contributed by atoms with E-state index in [2.05, 4.69) is 5.10 Å². The average Bonchev–Trinajstić information content (AvgIpc) is 2.67. The molecule has 0 atom stereocenters. The molecule has 1 aliphatic heterocycles. The lowest BCUT2D eigenvalue weighted by Gasteiger charge is -2.12. The van der Waals surface area contributed by atoms with Crippen LogP contribution in [0.2, 0.25) is 0 Å². The van der Waals surface area contributed by atoms with E-state index >= 15 is 0 Å². The molecule has 0 spiro atoms. The molecule has 1 N–H and O–H groups in total. The van der Waals surface area contributed by atoms with Crippen molar-refractivity contribution in [3.05, 3.63) is 11.3 Å². The molecule has 0 radical (unpaired) electrons. The first kappa shape index (κ1) is 13.0. The topological polar surface area (TPSA) is 47.3 Å². The number of ether oxygens (including phenoxy) is 1. The van der Waals surface area contributed by atoms with Crippen LogP contribution in [0.15, 0.2) is 0 Å². The lowest BCUT2D eigenvalue weighted by Crippen LogP contribution is -2.11. The first-order chi connectivity index (χ1) is 7.83. The van der Waals surface area contributed by atoms with Crippen LogP contribution in [-0.4, -0.2) is 28.1 Å². The zero-order valence-corrected chi connectivity index (χ0v) is 10.5. The summed E-state index contributed by atoms with van der Waals surface area (Å²) < 4.78 is 7.39. The molecule has 0 saturated carbocycles. The second kappa shape index (κ2) is 6.53. The highest BCUT2D eigenvalue weighted by molar-refractivity contribution is 5.30. The van der Waals surface area contributed by atoms with Crippen molar-refractivity contribution in [3.8, 4) is 5.88 Å². The van der Waals surface area contributed by atoms with Crippen LogP contribution < -0.4 is 4.74 Å². The van der Waals surface area contributed by atoms with Crippen LogP contribution in [0.3, 0.4) is 0 Å². The monoisotopic (exact) mass is 226 g/mol. The Morgan fingerprint density at radius 3 is 2.75 bits per heavy atom. The Morgan fingerprint density at radius 1 is 1.38 bits per heavy atom. The van der Waals surface area contributed by atoms with E-state index in [1.54, 1.807) is 0 Å². The molecule has 4 nitrogen and oxygen atoms in total. The van der Waals surface area contributed by atoms with Gasteiger partial charge < -0.3 is 9.84 Å². The third-order valence-electron chi connectivity index (χ3n) is 2.64. The number of hydrogen-bond acceptors (Lipinski definition) is 3. The molecule has 0 unspecified atom stereocenters. The zero-order valence-electron chi connectivity index (χ0n) is 10.5. The molecule has 0 saturated heterocycles. The maximum absolute atomic E-state index is 8.66. The van der Waals surface area contributed by atoms with Gasteiger partial charge in [-0.1, -0.05) is 13.8 Å². The summed E-state index contributed by atoms with van der Waals surface area (Å²) in [6, 6.07) is 0. The maximum Gasteiger partial charge on any atom is 0.236 e.